The second-order valence-corrected chi connectivity index (χ2v) is 10.1. The van der Waals surface area contributed by atoms with Crippen LogP contribution in [0.5, 0.6) is 0 Å². The maximum Gasteiger partial charge on any atom is 0.326 e. The predicted octanol–water partition coefficient (Wildman–Crippen LogP) is 0.144. The SMILES string of the molecule is CSCCC(NC(=O)C(CCSC)NC(=O)C(CCCCN)NC(=O)C(N)C(C)C)C(=O)O. The summed E-state index contributed by atoms with van der Waals surface area (Å²) in [6.45, 7) is 4.08. The number of nitrogens with two attached hydrogens (primary N) is 2. The Morgan fingerprint density at radius 2 is 1.24 bits per heavy atom. The number of carboxylic acids is 1. The molecule has 0 aromatic rings. The van der Waals surface area contributed by atoms with Crippen LogP contribution in [0.2, 0.25) is 0 Å². The molecule has 33 heavy (non-hydrogen) atoms. The van der Waals surface area contributed by atoms with Gasteiger partial charge in [-0.05, 0) is 68.6 Å². The number of carbonyl (C=O) groups excluding carboxylic acids is 3. The Labute approximate surface area is 205 Å². The zero-order valence-electron chi connectivity index (χ0n) is 20.1. The number of unbranched alkanes of at least 4 members (excludes halogenated alkanes) is 1. The third kappa shape index (κ3) is 13.1. The Morgan fingerprint density at radius 3 is 1.70 bits per heavy atom. The van der Waals surface area contributed by atoms with Crippen molar-refractivity contribution in [1.82, 2.24) is 16.0 Å². The van der Waals surface area contributed by atoms with Crippen LogP contribution >= 0.6 is 23.5 Å². The number of nitrogens with one attached hydrogen (secondary N) is 3. The number of hydrogen-bond donors (Lipinski definition) is 6. The molecule has 12 heteroatoms. The van der Waals surface area contributed by atoms with Gasteiger partial charge in [0.15, 0.2) is 0 Å². The van der Waals surface area contributed by atoms with Gasteiger partial charge in [0.2, 0.25) is 17.7 Å². The smallest absolute Gasteiger partial charge is 0.326 e. The van der Waals surface area contributed by atoms with Crippen molar-refractivity contribution in [3.05, 3.63) is 0 Å². The largest absolute Gasteiger partial charge is 0.480 e. The average Bonchev–Trinajstić information content (AvgIpc) is 2.77. The minimum absolute atomic E-state index is 0.105. The molecule has 0 aromatic carbocycles. The van der Waals surface area contributed by atoms with Gasteiger partial charge in [0.1, 0.15) is 18.1 Å². The lowest BCUT2D eigenvalue weighted by Crippen LogP contribution is -2.57. The number of carbonyl (C=O) groups is 4. The molecule has 0 fully saturated rings. The first-order chi connectivity index (χ1) is 15.6. The van der Waals surface area contributed by atoms with E-state index in [-0.39, 0.29) is 12.3 Å². The molecule has 8 N–H and O–H groups in total. The molecular weight excluding hydrogens is 466 g/mol. The van der Waals surface area contributed by atoms with Crippen LogP contribution in [0.1, 0.15) is 46.0 Å². The highest BCUT2D eigenvalue weighted by Gasteiger charge is 2.30. The van der Waals surface area contributed by atoms with E-state index in [2.05, 4.69) is 16.0 Å². The maximum atomic E-state index is 13.0. The summed E-state index contributed by atoms with van der Waals surface area (Å²) < 4.78 is 0. The quantitative estimate of drug-likeness (QED) is 0.141. The summed E-state index contributed by atoms with van der Waals surface area (Å²) in [7, 11) is 0. The van der Waals surface area contributed by atoms with Crippen molar-refractivity contribution in [2.75, 3.05) is 30.6 Å². The van der Waals surface area contributed by atoms with Crippen LogP contribution in [0.3, 0.4) is 0 Å². The lowest BCUT2D eigenvalue weighted by Gasteiger charge is -2.25. The first kappa shape index (κ1) is 31.5. The van der Waals surface area contributed by atoms with Crippen molar-refractivity contribution in [2.24, 2.45) is 17.4 Å². The molecule has 0 bridgehead atoms. The van der Waals surface area contributed by atoms with E-state index in [1.165, 1.54) is 23.5 Å². The molecule has 4 unspecified atom stereocenters. The number of aliphatic carboxylic acids is 1. The lowest BCUT2D eigenvalue weighted by molar-refractivity contribution is -0.142. The van der Waals surface area contributed by atoms with Gasteiger partial charge in [-0.3, -0.25) is 14.4 Å². The normalized spacial score (nSPS) is 14.8. The van der Waals surface area contributed by atoms with Gasteiger partial charge < -0.3 is 32.5 Å². The second-order valence-electron chi connectivity index (χ2n) is 8.14. The van der Waals surface area contributed by atoms with Crippen molar-refractivity contribution in [1.29, 1.82) is 0 Å². The first-order valence-electron chi connectivity index (χ1n) is 11.2. The predicted molar refractivity (Wildman–Crippen MR) is 135 cm³/mol. The van der Waals surface area contributed by atoms with E-state index < -0.39 is 47.9 Å². The number of hydrogen-bond acceptors (Lipinski definition) is 8. The van der Waals surface area contributed by atoms with Crippen molar-refractivity contribution in [2.45, 2.75) is 70.1 Å². The summed E-state index contributed by atoms with van der Waals surface area (Å²) in [5.41, 5.74) is 11.5. The Morgan fingerprint density at radius 1 is 0.788 bits per heavy atom. The number of amides is 3. The minimum atomic E-state index is -1.12. The van der Waals surface area contributed by atoms with E-state index in [4.69, 9.17) is 11.5 Å². The second kappa shape index (κ2) is 17.9. The average molecular weight is 508 g/mol. The highest BCUT2D eigenvalue weighted by Crippen LogP contribution is 2.08. The molecule has 0 aliphatic rings. The Hall–Kier alpha value is -1.50. The molecule has 10 nitrogen and oxygen atoms in total. The van der Waals surface area contributed by atoms with Gasteiger partial charge in [-0.2, -0.15) is 23.5 Å². The van der Waals surface area contributed by atoms with Crippen LogP contribution < -0.4 is 27.4 Å². The van der Waals surface area contributed by atoms with Gasteiger partial charge in [0.05, 0.1) is 6.04 Å². The van der Waals surface area contributed by atoms with Gasteiger partial charge in [0.25, 0.3) is 0 Å². The van der Waals surface area contributed by atoms with Gasteiger partial charge in [-0.25, -0.2) is 4.79 Å². The molecule has 0 radical (unpaired) electrons. The molecule has 0 aromatic heterocycles. The van der Waals surface area contributed by atoms with E-state index in [0.717, 1.165) is 0 Å². The summed E-state index contributed by atoms with van der Waals surface area (Å²) >= 11 is 2.99. The molecule has 0 spiro atoms. The summed E-state index contributed by atoms with van der Waals surface area (Å²) in [4.78, 5) is 49.8. The summed E-state index contributed by atoms with van der Waals surface area (Å²) in [5.74, 6) is -1.57. The fourth-order valence-electron chi connectivity index (χ4n) is 2.87. The van der Waals surface area contributed by atoms with Crippen LogP contribution in [-0.4, -0.2) is 83.5 Å². The van der Waals surface area contributed by atoms with Gasteiger partial charge in [-0.15, -0.1) is 0 Å². The van der Waals surface area contributed by atoms with Crippen LogP contribution in [0.25, 0.3) is 0 Å². The molecule has 0 rings (SSSR count). The van der Waals surface area contributed by atoms with Crippen LogP contribution in [-0.2, 0) is 19.2 Å². The van der Waals surface area contributed by atoms with Gasteiger partial charge in [-0.1, -0.05) is 13.8 Å². The molecule has 192 valence electrons. The van der Waals surface area contributed by atoms with Crippen LogP contribution in [0.4, 0.5) is 0 Å². The Kier molecular flexibility index (Phi) is 17.1. The van der Waals surface area contributed by atoms with Crippen LogP contribution in [0.15, 0.2) is 0 Å². The molecule has 0 aliphatic heterocycles. The highest BCUT2D eigenvalue weighted by molar-refractivity contribution is 7.98. The molecule has 0 heterocycles. The van der Waals surface area contributed by atoms with Crippen molar-refractivity contribution < 1.29 is 24.3 Å². The van der Waals surface area contributed by atoms with E-state index in [1.54, 1.807) is 0 Å². The molecule has 0 saturated carbocycles. The standard InChI is InChI=1S/C21H41N5O5S2/c1-13(2)17(23)20(29)25-14(7-5-6-10-22)18(27)24-15(8-11-32-3)19(28)26-16(21(30)31)9-12-33-4/h13-17H,5-12,22-23H2,1-4H3,(H,24,27)(H,25,29)(H,26,28)(H,30,31). The minimum Gasteiger partial charge on any atom is -0.480 e. The van der Waals surface area contributed by atoms with Crippen molar-refractivity contribution in [3.8, 4) is 0 Å². The van der Waals surface area contributed by atoms with E-state index >= 15 is 0 Å². The topological polar surface area (TPSA) is 177 Å². The van der Waals surface area contributed by atoms with Crippen LogP contribution in [0, 0.1) is 5.92 Å². The van der Waals surface area contributed by atoms with Crippen molar-refractivity contribution >= 4 is 47.2 Å². The van der Waals surface area contributed by atoms with E-state index in [0.29, 0.717) is 43.7 Å². The Bertz CT molecular complexity index is 624. The third-order valence-corrected chi connectivity index (χ3v) is 6.36. The molecule has 4 atom stereocenters. The lowest BCUT2D eigenvalue weighted by atomic mass is 10.0. The van der Waals surface area contributed by atoms with Gasteiger partial charge in [0, 0.05) is 0 Å². The third-order valence-electron chi connectivity index (χ3n) is 5.07. The summed E-state index contributed by atoms with van der Waals surface area (Å²) in [5, 5.41) is 17.3. The first-order valence-corrected chi connectivity index (χ1v) is 13.9. The summed E-state index contributed by atoms with van der Waals surface area (Å²) in [6.07, 6.45) is 5.97. The number of thioether (sulfide) groups is 2. The molecule has 3 amide bonds. The maximum absolute atomic E-state index is 13.0. The summed E-state index contributed by atoms with van der Waals surface area (Å²) in [6, 6.07) is -3.60. The molecule has 0 aliphatic carbocycles. The number of carboxylic acid groups (broad SMARTS) is 1. The number of rotatable bonds is 18. The van der Waals surface area contributed by atoms with E-state index in [9.17, 15) is 24.3 Å². The molecule has 0 saturated heterocycles. The zero-order valence-corrected chi connectivity index (χ0v) is 21.7. The Balaban J connectivity index is 5.41. The highest BCUT2D eigenvalue weighted by atomic mass is 32.2. The van der Waals surface area contributed by atoms with Crippen molar-refractivity contribution in [3.63, 3.8) is 0 Å². The zero-order chi connectivity index (χ0) is 25.4. The molecular formula is C21H41N5O5S2. The fraction of sp³-hybridized carbons (Fsp3) is 0.810. The monoisotopic (exact) mass is 507 g/mol. The van der Waals surface area contributed by atoms with Gasteiger partial charge >= 0.3 is 5.97 Å². The van der Waals surface area contributed by atoms with E-state index in [1.807, 2.05) is 26.4 Å². The fourth-order valence-corrected chi connectivity index (χ4v) is 3.82.